The van der Waals surface area contributed by atoms with Gasteiger partial charge in [-0.2, -0.15) is 0 Å². The van der Waals surface area contributed by atoms with Gasteiger partial charge in [0.25, 0.3) is 0 Å². The number of hydrogen-bond donors (Lipinski definition) is 3. The van der Waals surface area contributed by atoms with Crippen molar-refractivity contribution in [1.29, 1.82) is 0 Å². The average molecular weight is 279 g/mol. The molecule has 1 rings (SSSR count). The third kappa shape index (κ3) is 5.93. The van der Waals surface area contributed by atoms with Crippen LogP contribution in [0.2, 0.25) is 0 Å². The lowest BCUT2D eigenvalue weighted by molar-refractivity contribution is -0.116. The van der Waals surface area contributed by atoms with Gasteiger partial charge >= 0.3 is 0 Å². The summed E-state index contributed by atoms with van der Waals surface area (Å²) in [5.41, 5.74) is 8.22. The van der Waals surface area contributed by atoms with E-state index in [-0.39, 0.29) is 5.91 Å². The Morgan fingerprint density at radius 2 is 2.15 bits per heavy atom. The molecule has 5 nitrogen and oxygen atoms in total. The lowest BCUT2D eigenvalue weighted by atomic mass is 10.2. The molecule has 0 aliphatic carbocycles. The molecule has 5 heteroatoms. The molecule has 0 radical (unpaired) electrons. The van der Waals surface area contributed by atoms with E-state index in [1.807, 2.05) is 26.0 Å². The van der Waals surface area contributed by atoms with Crippen molar-refractivity contribution in [3.63, 3.8) is 0 Å². The number of amides is 1. The maximum Gasteiger partial charge on any atom is 0.224 e. The molecule has 0 heterocycles. The van der Waals surface area contributed by atoms with Gasteiger partial charge in [-0.1, -0.05) is 6.92 Å². The number of carbonyl (C=O) groups is 1. The zero-order valence-corrected chi connectivity index (χ0v) is 12.4. The molecule has 0 unspecified atom stereocenters. The van der Waals surface area contributed by atoms with Gasteiger partial charge in [0.2, 0.25) is 5.91 Å². The van der Waals surface area contributed by atoms with Crippen molar-refractivity contribution in [3.8, 4) is 0 Å². The molecule has 0 spiro atoms. The second-order valence-electron chi connectivity index (χ2n) is 4.58. The van der Waals surface area contributed by atoms with E-state index in [4.69, 9.17) is 10.5 Å². The molecule has 1 aromatic carbocycles. The van der Waals surface area contributed by atoms with E-state index < -0.39 is 0 Å². The van der Waals surface area contributed by atoms with E-state index in [1.54, 1.807) is 6.07 Å². The Kier molecular flexibility index (Phi) is 7.50. The van der Waals surface area contributed by atoms with E-state index >= 15 is 0 Å². The van der Waals surface area contributed by atoms with Gasteiger partial charge < -0.3 is 21.1 Å². The highest BCUT2D eigenvalue weighted by Gasteiger charge is 2.04. The second-order valence-corrected chi connectivity index (χ2v) is 4.58. The van der Waals surface area contributed by atoms with Crippen molar-refractivity contribution in [3.05, 3.63) is 18.2 Å². The largest absolute Gasteiger partial charge is 0.397 e. The third-order valence-electron chi connectivity index (χ3n) is 2.80. The van der Waals surface area contributed by atoms with Gasteiger partial charge in [0.15, 0.2) is 0 Å². The number of nitrogen functional groups attached to an aromatic ring is 1. The molecule has 20 heavy (non-hydrogen) atoms. The number of rotatable bonds is 9. The van der Waals surface area contributed by atoms with Crippen LogP contribution in [0.5, 0.6) is 0 Å². The summed E-state index contributed by atoms with van der Waals surface area (Å²) in [6.07, 6.45) is 2.29. The minimum Gasteiger partial charge on any atom is -0.397 e. The summed E-state index contributed by atoms with van der Waals surface area (Å²) >= 11 is 0. The van der Waals surface area contributed by atoms with Crippen LogP contribution in [0.4, 0.5) is 17.1 Å². The van der Waals surface area contributed by atoms with E-state index in [2.05, 4.69) is 10.6 Å². The van der Waals surface area contributed by atoms with Crippen molar-refractivity contribution in [2.24, 2.45) is 0 Å². The van der Waals surface area contributed by atoms with Crippen LogP contribution in [0.15, 0.2) is 18.2 Å². The van der Waals surface area contributed by atoms with Crippen LogP contribution in [-0.2, 0) is 9.53 Å². The molecular weight excluding hydrogens is 254 g/mol. The van der Waals surface area contributed by atoms with Crippen LogP contribution in [0.3, 0.4) is 0 Å². The fraction of sp³-hybridized carbons (Fsp3) is 0.533. The molecule has 0 aliphatic heterocycles. The fourth-order valence-electron chi connectivity index (χ4n) is 1.79. The monoisotopic (exact) mass is 279 g/mol. The molecule has 0 atom stereocenters. The van der Waals surface area contributed by atoms with Crippen LogP contribution in [-0.4, -0.2) is 25.7 Å². The average Bonchev–Trinajstić information content (AvgIpc) is 2.41. The maximum atomic E-state index is 11.5. The van der Waals surface area contributed by atoms with Crippen LogP contribution in [0.25, 0.3) is 0 Å². The predicted octanol–water partition coefficient (Wildman–Crippen LogP) is 2.85. The summed E-state index contributed by atoms with van der Waals surface area (Å²) in [4.78, 5) is 11.5. The van der Waals surface area contributed by atoms with E-state index in [1.165, 1.54) is 0 Å². The lowest BCUT2D eigenvalue weighted by Crippen LogP contribution is -2.11. The van der Waals surface area contributed by atoms with Crippen molar-refractivity contribution >= 4 is 23.0 Å². The Balaban J connectivity index is 2.44. The summed E-state index contributed by atoms with van der Waals surface area (Å²) in [5.74, 6) is 0.0179. The molecular formula is C15H25N3O2. The first-order valence-corrected chi connectivity index (χ1v) is 7.18. The first-order chi connectivity index (χ1) is 9.67. The van der Waals surface area contributed by atoms with Crippen molar-refractivity contribution in [2.45, 2.75) is 33.1 Å². The predicted molar refractivity (Wildman–Crippen MR) is 84.0 cm³/mol. The topological polar surface area (TPSA) is 76.4 Å². The number of carbonyl (C=O) groups excluding carboxylic acids is 1. The Morgan fingerprint density at radius 3 is 2.80 bits per heavy atom. The smallest absolute Gasteiger partial charge is 0.224 e. The summed E-state index contributed by atoms with van der Waals surface area (Å²) in [5, 5.41) is 6.09. The zero-order valence-electron chi connectivity index (χ0n) is 12.4. The first kappa shape index (κ1) is 16.3. The number of hydrogen-bond acceptors (Lipinski definition) is 4. The van der Waals surface area contributed by atoms with Gasteiger partial charge in [0.1, 0.15) is 0 Å². The van der Waals surface area contributed by atoms with Crippen LogP contribution < -0.4 is 16.4 Å². The number of anilines is 3. The maximum absolute atomic E-state index is 11.5. The van der Waals surface area contributed by atoms with E-state index in [0.717, 1.165) is 44.0 Å². The highest BCUT2D eigenvalue weighted by Crippen LogP contribution is 2.22. The van der Waals surface area contributed by atoms with Gasteiger partial charge in [0, 0.05) is 31.9 Å². The molecule has 1 amide bonds. The normalized spacial score (nSPS) is 10.3. The summed E-state index contributed by atoms with van der Waals surface area (Å²) in [7, 11) is 0. The Bertz CT molecular complexity index is 422. The fourth-order valence-corrected chi connectivity index (χ4v) is 1.79. The Hall–Kier alpha value is -1.75. The molecule has 0 aromatic heterocycles. The van der Waals surface area contributed by atoms with Gasteiger partial charge in [-0.05, 0) is 38.0 Å². The minimum absolute atomic E-state index is 0.0179. The molecule has 0 saturated heterocycles. The summed E-state index contributed by atoms with van der Waals surface area (Å²) < 4.78 is 5.27. The van der Waals surface area contributed by atoms with Crippen molar-refractivity contribution < 1.29 is 9.53 Å². The summed E-state index contributed by atoms with van der Waals surface area (Å²) in [6, 6.07) is 5.52. The van der Waals surface area contributed by atoms with Crippen molar-refractivity contribution in [1.82, 2.24) is 0 Å². The highest BCUT2D eigenvalue weighted by molar-refractivity contribution is 5.91. The minimum atomic E-state index is 0.0179. The summed E-state index contributed by atoms with van der Waals surface area (Å²) in [6.45, 7) is 6.26. The molecule has 0 saturated carbocycles. The number of ether oxygens (including phenoxy) is 1. The lowest BCUT2D eigenvalue weighted by Gasteiger charge is -2.11. The molecule has 0 fully saturated rings. The Morgan fingerprint density at radius 1 is 1.35 bits per heavy atom. The molecule has 0 bridgehead atoms. The molecule has 112 valence electrons. The second kappa shape index (κ2) is 9.20. The molecule has 4 N–H and O–H groups in total. The SMILES string of the molecule is CCCC(=O)Nc1ccc(NCCCOCC)c(N)c1. The van der Waals surface area contributed by atoms with Crippen LogP contribution >= 0.6 is 0 Å². The number of benzene rings is 1. The first-order valence-electron chi connectivity index (χ1n) is 7.18. The van der Waals surface area contributed by atoms with Gasteiger partial charge in [-0.25, -0.2) is 0 Å². The van der Waals surface area contributed by atoms with Gasteiger partial charge in [-0.15, -0.1) is 0 Å². The van der Waals surface area contributed by atoms with Crippen molar-refractivity contribution in [2.75, 3.05) is 36.1 Å². The molecule has 0 aliphatic rings. The van der Waals surface area contributed by atoms with Gasteiger partial charge in [-0.3, -0.25) is 4.79 Å². The number of nitrogens with one attached hydrogen (secondary N) is 2. The quantitative estimate of drug-likeness (QED) is 0.480. The Labute approximate surface area is 120 Å². The zero-order chi connectivity index (χ0) is 14.8. The van der Waals surface area contributed by atoms with E-state index in [0.29, 0.717) is 12.1 Å². The van der Waals surface area contributed by atoms with Crippen LogP contribution in [0, 0.1) is 0 Å². The molecule has 1 aromatic rings. The van der Waals surface area contributed by atoms with E-state index in [9.17, 15) is 4.79 Å². The van der Waals surface area contributed by atoms with Crippen LogP contribution in [0.1, 0.15) is 33.1 Å². The highest BCUT2D eigenvalue weighted by atomic mass is 16.5. The van der Waals surface area contributed by atoms with Gasteiger partial charge in [0.05, 0.1) is 11.4 Å². The number of nitrogens with two attached hydrogens (primary N) is 1. The standard InChI is InChI=1S/C15H25N3O2/c1-3-6-15(19)18-12-7-8-14(13(16)11-12)17-9-5-10-20-4-2/h7-8,11,17H,3-6,9-10,16H2,1-2H3,(H,18,19). The third-order valence-corrected chi connectivity index (χ3v) is 2.80.